The monoisotopic (exact) mass is 325 g/mol. The molecule has 4 heteroatoms. The van der Waals surface area contributed by atoms with Crippen molar-refractivity contribution < 1.29 is 14.3 Å². The van der Waals surface area contributed by atoms with Crippen LogP contribution in [0.1, 0.15) is 40.4 Å². The van der Waals surface area contributed by atoms with E-state index in [0.29, 0.717) is 23.0 Å². The Balaban J connectivity index is 1.86. The molecule has 0 heterocycles. The molecule has 2 aromatic carbocycles. The molecule has 1 N–H and O–H groups in total. The van der Waals surface area contributed by atoms with E-state index < -0.39 is 0 Å². The van der Waals surface area contributed by atoms with E-state index >= 15 is 0 Å². The zero-order chi connectivity index (χ0) is 17.1. The Kier molecular flexibility index (Phi) is 4.74. The number of hydrogen-bond donors (Lipinski definition) is 1. The van der Waals surface area contributed by atoms with Crippen LogP contribution in [0, 0.1) is 12.8 Å². The molecule has 1 fully saturated rings. The fourth-order valence-corrected chi connectivity index (χ4v) is 3.01. The van der Waals surface area contributed by atoms with Gasteiger partial charge in [0.2, 0.25) is 0 Å². The lowest BCUT2D eigenvalue weighted by molar-refractivity contribution is 0.0931. The summed E-state index contributed by atoms with van der Waals surface area (Å²) in [5.74, 6) is 1.72. The van der Waals surface area contributed by atoms with Crippen molar-refractivity contribution in [1.82, 2.24) is 5.32 Å². The standard InChI is InChI=1S/C20H23NO3/c1-13-17(23-2)11-16(12-18(13)24-3)20(22)21-19(15-9-10-15)14-7-5-4-6-8-14/h4-8,11-12,15,19H,9-10H2,1-3H3,(H,21,22)/t19-/m1/s1. The van der Waals surface area contributed by atoms with Crippen molar-refractivity contribution in [2.24, 2.45) is 5.92 Å². The molecule has 1 saturated carbocycles. The van der Waals surface area contributed by atoms with Crippen molar-refractivity contribution >= 4 is 5.91 Å². The van der Waals surface area contributed by atoms with Gasteiger partial charge < -0.3 is 14.8 Å². The molecule has 1 aliphatic carbocycles. The SMILES string of the molecule is COc1cc(C(=O)N[C@H](c2ccccc2)C2CC2)cc(OC)c1C. The second kappa shape index (κ2) is 6.95. The van der Waals surface area contributed by atoms with E-state index in [-0.39, 0.29) is 11.9 Å². The quantitative estimate of drug-likeness (QED) is 0.876. The van der Waals surface area contributed by atoms with E-state index in [2.05, 4.69) is 17.4 Å². The minimum absolute atomic E-state index is 0.0528. The molecule has 1 atom stereocenters. The number of carbonyl (C=O) groups is 1. The first-order valence-corrected chi connectivity index (χ1v) is 8.22. The molecule has 0 bridgehead atoms. The zero-order valence-electron chi connectivity index (χ0n) is 14.3. The number of hydrogen-bond acceptors (Lipinski definition) is 3. The number of ether oxygens (including phenoxy) is 2. The van der Waals surface area contributed by atoms with Gasteiger partial charge in [-0.2, -0.15) is 0 Å². The van der Waals surface area contributed by atoms with Gasteiger partial charge in [0.25, 0.3) is 5.91 Å². The number of carbonyl (C=O) groups excluding carboxylic acids is 1. The third kappa shape index (κ3) is 3.37. The van der Waals surface area contributed by atoms with E-state index in [4.69, 9.17) is 9.47 Å². The molecule has 1 amide bonds. The molecular formula is C20H23NO3. The molecule has 24 heavy (non-hydrogen) atoms. The Bertz CT molecular complexity index is 698. The average Bonchev–Trinajstić information content (AvgIpc) is 3.45. The molecule has 4 nitrogen and oxygen atoms in total. The number of benzene rings is 2. The number of methoxy groups -OCH3 is 2. The second-order valence-electron chi connectivity index (χ2n) is 6.21. The summed E-state index contributed by atoms with van der Waals surface area (Å²) in [6.45, 7) is 1.91. The van der Waals surface area contributed by atoms with Gasteiger partial charge in [-0.3, -0.25) is 4.79 Å². The normalized spacial score (nSPS) is 14.8. The van der Waals surface area contributed by atoms with E-state index in [1.807, 2.05) is 25.1 Å². The molecule has 0 radical (unpaired) electrons. The Morgan fingerprint density at radius 2 is 1.67 bits per heavy atom. The lowest BCUT2D eigenvalue weighted by Crippen LogP contribution is -2.30. The van der Waals surface area contributed by atoms with Gasteiger partial charge in [-0.1, -0.05) is 30.3 Å². The summed E-state index contributed by atoms with van der Waals surface area (Å²) in [6.07, 6.45) is 2.31. The van der Waals surface area contributed by atoms with Crippen molar-refractivity contribution in [3.63, 3.8) is 0 Å². The van der Waals surface area contributed by atoms with E-state index in [9.17, 15) is 4.79 Å². The molecule has 3 rings (SSSR count). The van der Waals surface area contributed by atoms with Crippen LogP contribution in [-0.2, 0) is 0 Å². The van der Waals surface area contributed by atoms with Gasteiger partial charge in [0.15, 0.2) is 0 Å². The fraction of sp³-hybridized carbons (Fsp3) is 0.350. The van der Waals surface area contributed by atoms with Crippen molar-refractivity contribution in [2.75, 3.05) is 14.2 Å². The number of nitrogens with one attached hydrogen (secondary N) is 1. The van der Waals surface area contributed by atoms with Gasteiger partial charge in [-0.25, -0.2) is 0 Å². The highest BCUT2D eigenvalue weighted by Gasteiger charge is 2.33. The van der Waals surface area contributed by atoms with Gasteiger partial charge in [0, 0.05) is 11.1 Å². The third-order valence-corrected chi connectivity index (χ3v) is 4.55. The fourth-order valence-electron chi connectivity index (χ4n) is 3.01. The molecule has 1 aliphatic rings. The van der Waals surface area contributed by atoms with Crippen LogP contribution in [0.4, 0.5) is 0 Å². The molecule has 126 valence electrons. The van der Waals surface area contributed by atoms with Gasteiger partial charge >= 0.3 is 0 Å². The largest absolute Gasteiger partial charge is 0.496 e. The van der Waals surface area contributed by atoms with E-state index in [1.54, 1.807) is 26.4 Å². The van der Waals surface area contributed by atoms with Crippen LogP contribution in [0.25, 0.3) is 0 Å². The summed E-state index contributed by atoms with van der Waals surface area (Å²) < 4.78 is 10.7. The maximum absolute atomic E-state index is 12.8. The smallest absolute Gasteiger partial charge is 0.252 e. The third-order valence-electron chi connectivity index (χ3n) is 4.55. The number of rotatable bonds is 6. The molecule has 0 aromatic heterocycles. The summed E-state index contributed by atoms with van der Waals surface area (Å²) in [7, 11) is 3.20. The number of amides is 1. The molecule has 0 aliphatic heterocycles. The van der Waals surface area contributed by atoms with E-state index in [0.717, 1.165) is 24.0 Å². The van der Waals surface area contributed by atoms with E-state index in [1.165, 1.54) is 0 Å². The van der Waals surface area contributed by atoms with Crippen LogP contribution >= 0.6 is 0 Å². The topological polar surface area (TPSA) is 47.6 Å². The van der Waals surface area contributed by atoms with Gasteiger partial charge in [-0.15, -0.1) is 0 Å². The first-order valence-electron chi connectivity index (χ1n) is 8.22. The molecule has 2 aromatic rings. The maximum atomic E-state index is 12.8. The Labute approximate surface area is 142 Å². The minimum atomic E-state index is -0.104. The van der Waals surface area contributed by atoms with Gasteiger partial charge in [-0.05, 0) is 43.4 Å². The van der Waals surface area contributed by atoms with Crippen LogP contribution in [0.3, 0.4) is 0 Å². The maximum Gasteiger partial charge on any atom is 0.252 e. The van der Waals surface area contributed by atoms with Crippen molar-refractivity contribution in [1.29, 1.82) is 0 Å². The summed E-state index contributed by atoms with van der Waals surface area (Å²) >= 11 is 0. The Morgan fingerprint density at radius 3 is 2.17 bits per heavy atom. The van der Waals surface area contributed by atoms with Crippen molar-refractivity contribution in [2.45, 2.75) is 25.8 Å². The molecule has 0 saturated heterocycles. The first-order chi connectivity index (χ1) is 11.6. The van der Waals surface area contributed by atoms with Crippen molar-refractivity contribution in [3.05, 3.63) is 59.2 Å². The summed E-state index contributed by atoms with van der Waals surface area (Å²) in [5, 5.41) is 3.18. The average molecular weight is 325 g/mol. The second-order valence-corrected chi connectivity index (χ2v) is 6.21. The zero-order valence-corrected chi connectivity index (χ0v) is 14.3. The highest BCUT2D eigenvalue weighted by molar-refractivity contribution is 5.95. The van der Waals surface area contributed by atoms with Crippen LogP contribution in [0.5, 0.6) is 11.5 Å². The summed E-state index contributed by atoms with van der Waals surface area (Å²) in [4.78, 5) is 12.8. The highest BCUT2D eigenvalue weighted by Crippen LogP contribution is 2.41. The van der Waals surface area contributed by atoms with Gasteiger partial charge in [0.1, 0.15) is 11.5 Å². The predicted octanol–water partition coefficient (Wildman–Crippen LogP) is 3.89. The summed E-state index contributed by atoms with van der Waals surface area (Å²) in [5.41, 5.74) is 2.59. The lowest BCUT2D eigenvalue weighted by Gasteiger charge is -2.20. The van der Waals surface area contributed by atoms with Crippen LogP contribution in [-0.4, -0.2) is 20.1 Å². The molecular weight excluding hydrogens is 302 g/mol. The van der Waals surface area contributed by atoms with Crippen LogP contribution in [0.2, 0.25) is 0 Å². The first kappa shape index (κ1) is 16.4. The lowest BCUT2D eigenvalue weighted by atomic mass is 10.0. The van der Waals surface area contributed by atoms with Gasteiger partial charge in [0.05, 0.1) is 20.3 Å². The Morgan fingerprint density at radius 1 is 1.08 bits per heavy atom. The predicted molar refractivity (Wildman–Crippen MR) is 93.7 cm³/mol. The Hall–Kier alpha value is -2.49. The molecule has 0 spiro atoms. The highest BCUT2D eigenvalue weighted by atomic mass is 16.5. The molecule has 0 unspecified atom stereocenters. The van der Waals surface area contributed by atoms with Crippen LogP contribution in [0.15, 0.2) is 42.5 Å². The minimum Gasteiger partial charge on any atom is -0.496 e. The summed E-state index contributed by atoms with van der Waals surface area (Å²) in [6, 6.07) is 13.7. The van der Waals surface area contributed by atoms with Crippen LogP contribution < -0.4 is 14.8 Å². The van der Waals surface area contributed by atoms with Crippen molar-refractivity contribution in [3.8, 4) is 11.5 Å².